The number of rotatable bonds is 2. The minimum atomic E-state index is -1.05. The van der Waals surface area contributed by atoms with Gasteiger partial charge in [-0.05, 0) is 12.5 Å². The summed E-state index contributed by atoms with van der Waals surface area (Å²) in [6.07, 6.45) is 2.05. The molecule has 2 aromatic heterocycles. The molecule has 0 unspecified atom stereocenters. The third-order valence-electron chi connectivity index (χ3n) is 2.08. The highest BCUT2D eigenvalue weighted by molar-refractivity contribution is 6.34. The Labute approximate surface area is 90.3 Å². The van der Waals surface area contributed by atoms with E-state index in [-0.39, 0.29) is 5.69 Å². The van der Waals surface area contributed by atoms with Gasteiger partial charge in [0.25, 0.3) is 0 Å². The summed E-state index contributed by atoms with van der Waals surface area (Å²) < 4.78 is 1.25. The molecule has 2 aromatic rings. The van der Waals surface area contributed by atoms with E-state index in [4.69, 9.17) is 16.7 Å². The van der Waals surface area contributed by atoms with E-state index in [9.17, 15) is 4.79 Å². The van der Waals surface area contributed by atoms with Crippen molar-refractivity contribution in [2.75, 3.05) is 0 Å². The standard InChI is InChI=1S/C9H8ClN3O2/c1-2-5-7(10)8-11-4-3-6(9(14)15)13(8)12-5/h3-4H,2H2,1H3,(H,14,15). The number of aryl methyl sites for hydroxylation is 1. The molecular formula is C9H8ClN3O2. The van der Waals surface area contributed by atoms with Crippen LogP contribution in [0, 0.1) is 0 Å². The van der Waals surface area contributed by atoms with Gasteiger partial charge in [-0.25, -0.2) is 14.3 Å². The Balaban J connectivity index is 2.81. The summed E-state index contributed by atoms with van der Waals surface area (Å²) in [6, 6.07) is 1.39. The number of halogens is 1. The van der Waals surface area contributed by atoms with E-state index >= 15 is 0 Å². The van der Waals surface area contributed by atoms with E-state index in [2.05, 4.69) is 10.1 Å². The Morgan fingerprint density at radius 2 is 2.40 bits per heavy atom. The van der Waals surface area contributed by atoms with Crippen LogP contribution >= 0.6 is 11.6 Å². The Morgan fingerprint density at radius 1 is 1.67 bits per heavy atom. The molecule has 78 valence electrons. The fourth-order valence-electron chi connectivity index (χ4n) is 1.35. The largest absolute Gasteiger partial charge is 0.477 e. The lowest BCUT2D eigenvalue weighted by Gasteiger charge is -1.97. The van der Waals surface area contributed by atoms with Gasteiger partial charge in [-0.2, -0.15) is 5.10 Å². The summed E-state index contributed by atoms with van der Waals surface area (Å²) in [5.74, 6) is -1.05. The number of hydrogen-bond acceptors (Lipinski definition) is 3. The van der Waals surface area contributed by atoms with Crippen molar-refractivity contribution in [1.29, 1.82) is 0 Å². The van der Waals surface area contributed by atoms with Crippen molar-refractivity contribution in [2.24, 2.45) is 0 Å². The molecule has 2 heterocycles. The number of carboxylic acid groups (broad SMARTS) is 1. The Hall–Kier alpha value is -1.62. The van der Waals surface area contributed by atoms with Gasteiger partial charge in [0.1, 0.15) is 5.02 Å². The van der Waals surface area contributed by atoms with Crippen LogP contribution < -0.4 is 0 Å². The van der Waals surface area contributed by atoms with Crippen molar-refractivity contribution in [3.63, 3.8) is 0 Å². The second-order valence-electron chi connectivity index (χ2n) is 2.98. The second-order valence-corrected chi connectivity index (χ2v) is 3.36. The zero-order valence-corrected chi connectivity index (χ0v) is 8.69. The van der Waals surface area contributed by atoms with Gasteiger partial charge in [-0.1, -0.05) is 18.5 Å². The summed E-state index contributed by atoms with van der Waals surface area (Å²) in [4.78, 5) is 14.9. The van der Waals surface area contributed by atoms with Crippen LogP contribution in [0.4, 0.5) is 0 Å². The summed E-state index contributed by atoms with van der Waals surface area (Å²) in [5, 5.41) is 13.4. The van der Waals surface area contributed by atoms with Gasteiger partial charge in [0.2, 0.25) is 0 Å². The first kappa shape index (κ1) is 9.92. The molecule has 0 bridgehead atoms. The number of nitrogens with zero attached hydrogens (tertiary/aromatic N) is 3. The molecule has 0 aromatic carbocycles. The molecule has 0 radical (unpaired) electrons. The number of aromatic nitrogens is 3. The van der Waals surface area contributed by atoms with Crippen LogP contribution in [0.1, 0.15) is 23.1 Å². The fourth-order valence-corrected chi connectivity index (χ4v) is 1.65. The predicted molar refractivity (Wildman–Crippen MR) is 54.3 cm³/mol. The lowest BCUT2D eigenvalue weighted by atomic mass is 10.3. The van der Waals surface area contributed by atoms with Crippen LogP contribution in [0.15, 0.2) is 12.3 Å². The molecular weight excluding hydrogens is 218 g/mol. The first-order valence-electron chi connectivity index (χ1n) is 4.40. The van der Waals surface area contributed by atoms with Gasteiger partial charge in [-0.3, -0.25) is 0 Å². The molecule has 1 N–H and O–H groups in total. The lowest BCUT2D eigenvalue weighted by molar-refractivity contribution is 0.0687. The quantitative estimate of drug-likeness (QED) is 0.844. The molecule has 0 atom stereocenters. The number of carbonyl (C=O) groups is 1. The summed E-state index contributed by atoms with van der Waals surface area (Å²) >= 11 is 6.00. The van der Waals surface area contributed by atoms with Crippen molar-refractivity contribution in [3.8, 4) is 0 Å². The first-order chi connectivity index (χ1) is 7.15. The number of aromatic carboxylic acids is 1. The second kappa shape index (κ2) is 3.51. The van der Waals surface area contributed by atoms with Crippen LogP contribution in [-0.2, 0) is 6.42 Å². The zero-order chi connectivity index (χ0) is 11.0. The average Bonchev–Trinajstić information content (AvgIpc) is 2.55. The average molecular weight is 226 g/mol. The van der Waals surface area contributed by atoms with E-state index < -0.39 is 5.97 Å². The van der Waals surface area contributed by atoms with Crippen LogP contribution in [0.3, 0.4) is 0 Å². The minimum absolute atomic E-state index is 0.0570. The molecule has 6 heteroatoms. The first-order valence-corrected chi connectivity index (χ1v) is 4.78. The van der Waals surface area contributed by atoms with Crippen molar-refractivity contribution in [1.82, 2.24) is 14.6 Å². The Morgan fingerprint density at radius 3 is 3.00 bits per heavy atom. The molecule has 0 aliphatic rings. The minimum Gasteiger partial charge on any atom is -0.477 e. The third-order valence-corrected chi connectivity index (χ3v) is 2.47. The highest BCUT2D eigenvalue weighted by atomic mass is 35.5. The normalized spacial score (nSPS) is 10.8. The summed E-state index contributed by atoms with van der Waals surface area (Å²) in [6.45, 7) is 1.90. The Kier molecular flexibility index (Phi) is 2.32. The van der Waals surface area contributed by atoms with E-state index in [0.29, 0.717) is 22.8 Å². The van der Waals surface area contributed by atoms with Crippen molar-refractivity contribution >= 4 is 23.2 Å². The lowest BCUT2D eigenvalue weighted by Crippen LogP contribution is -2.06. The third kappa shape index (κ3) is 1.45. The molecule has 2 rings (SSSR count). The monoisotopic (exact) mass is 225 g/mol. The van der Waals surface area contributed by atoms with Gasteiger partial charge in [-0.15, -0.1) is 0 Å². The van der Waals surface area contributed by atoms with Crippen LogP contribution in [0.2, 0.25) is 5.02 Å². The highest BCUT2D eigenvalue weighted by Crippen LogP contribution is 2.21. The Bertz CT molecular complexity index is 535. The van der Waals surface area contributed by atoms with Gasteiger partial charge < -0.3 is 5.11 Å². The molecule has 15 heavy (non-hydrogen) atoms. The van der Waals surface area contributed by atoms with Crippen molar-refractivity contribution < 1.29 is 9.90 Å². The van der Waals surface area contributed by atoms with Gasteiger partial charge in [0, 0.05) is 6.20 Å². The SMILES string of the molecule is CCc1nn2c(C(=O)O)ccnc2c1Cl. The molecule has 5 nitrogen and oxygen atoms in total. The number of hydrogen-bond donors (Lipinski definition) is 1. The van der Waals surface area contributed by atoms with Crippen LogP contribution in [0.25, 0.3) is 5.65 Å². The predicted octanol–water partition coefficient (Wildman–Crippen LogP) is 1.64. The van der Waals surface area contributed by atoms with Crippen LogP contribution in [0.5, 0.6) is 0 Å². The summed E-state index contributed by atoms with van der Waals surface area (Å²) in [7, 11) is 0. The zero-order valence-electron chi connectivity index (χ0n) is 7.94. The summed E-state index contributed by atoms with van der Waals surface area (Å²) in [5.41, 5.74) is 1.09. The van der Waals surface area contributed by atoms with E-state index in [1.54, 1.807) is 0 Å². The fraction of sp³-hybridized carbons (Fsp3) is 0.222. The van der Waals surface area contributed by atoms with E-state index in [0.717, 1.165) is 0 Å². The maximum Gasteiger partial charge on any atom is 0.354 e. The molecule has 0 saturated heterocycles. The van der Waals surface area contributed by atoms with Gasteiger partial charge in [0.15, 0.2) is 11.3 Å². The van der Waals surface area contributed by atoms with Gasteiger partial charge in [0.05, 0.1) is 5.69 Å². The molecule has 0 saturated carbocycles. The van der Waals surface area contributed by atoms with Gasteiger partial charge >= 0.3 is 5.97 Å². The smallest absolute Gasteiger partial charge is 0.354 e. The molecule has 0 amide bonds. The number of fused-ring (bicyclic) bond motifs is 1. The number of carboxylic acids is 1. The molecule has 0 aliphatic heterocycles. The molecule has 0 aliphatic carbocycles. The highest BCUT2D eigenvalue weighted by Gasteiger charge is 2.15. The maximum atomic E-state index is 10.9. The van der Waals surface area contributed by atoms with E-state index in [1.807, 2.05) is 6.92 Å². The molecule has 0 spiro atoms. The van der Waals surface area contributed by atoms with E-state index in [1.165, 1.54) is 16.8 Å². The molecule has 0 fully saturated rings. The van der Waals surface area contributed by atoms with Crippen LogP contribution in [-0.4, -0.2) is 25.7 Å². The maximum absolute atomic E-state index is 10.9. The van der Waals surface area contributed by atoms with Crippen molar-refractivity contribution in [3.05, 3.63) is 28.7 Å². The topological polar surface area (TPSA) is 67.5 Å². The van der Waals surface area contributed by atoms with Crippen molar-refractivity contribution in [2.45, 2.75) is 13.3 Å².